The predicted molar refractivity (Wildman–Crippen MR) is 75.2 cm³/mol. The molecule has 0 saturated carbocycles. The predicted octanol–water partition coefficient (Wildman–Crippen LogP) is 2.31. The van der Waals surface area contributed by atoms with Gasteiger partial charge in [0, 0.05) is 23.7 Å². The van der Waals surface area contributed by atoms with Gasteiger partial charge in [-0.3, -0.25) is 0 Å². The Morgan fingerprint density at radius 1 is 1.40 bits per heavy atom. The maximum absolute atomic E-state index is 13.9. The second-order valence-corrected chi connectivity index (χ2v) is 5.07. The molecule has 20 heavy (non-hydrogen) atoms. The molecular weight excluding hydrogens is 279 g/mol. The van der Waals surface area contributed by atoms with Crippen LogP contribution in [0, 0.1) is 12.7 Å². The molecule has 0 aliphatic heterocycles. The van der Waals surface area contributed by atoms with Crippen molar-refractivity contribution in [2.75, 3.05) is 0 Å². The van der Waals surface area contributed by atoms with Gasteiger partial charge < -0.3 is 10.9 Å². The Bertz CT molecular complexity index is 631. The van der Waals surface area contributed by atoms with Crippen LogP contribution in [0.3, 0.4) is 0 Å². The van der Waals surface area contributed by atoms with Crippen LogP contribution in [0.1, 0.15) is 16.7 Å². The van der Waals surface area contributed by atoms with Gasteiger partial charge >= 0.3 is 0 Å². The fraction of sp³-hybridized carbons (Fsp3) is 0.154. The van der Waals surface area contributed by atoms with E-state index < -0.39 is 5.82 Å². The number of halogens is 1. The van der Waals surface area contributed by atoms with Gasteiger partial charge in [0.05, 0.1) is 0 Å². The number of hydrogen-bond donors (Lipinski definition) is 2. The van der Waals surface area contributed by atoms with Gasteiger partial charge in [-0.25, -0.2) is 14.4 Å². The van der Waals surface area contributed by atoms with Gasteiger partial charge in [-0.2, -0.15) is 0 Å². The summed E-state index contributed by atoms with van der Waals surface area (Å²) in [4.78, 5) is 8.28. The standard InChI is InChI=1S/C13H13FN4OS/c1-8-5-16-13(17-6-8)20-7-10-3-2-9(4-11(10)14)12(15)18-19/h2-6,19H,7H2,1H3,(H2,15,18). The first-order valence-electron chi connectivity index (χ1n) is 5.78. The number of benzene rings is 1. The van der Waals surface area contributed by atoms with Gasteiger partial charge in [0.25, 0.3) is 0 Å². The fourth-order valence-electron chi connectivity index (χ4n) is 1.48. The molecule has 0 aliphatic rings. The van der Waals surface area contributed by atoms with Gasteiger partial charge in [0.1, 0.15) is 5.82 Å². The van der Waals surface area contributed by atoms with Crippen molar-refractivity contribution in [2.45, 2.75) is 17.8 Å². The second-order valence-electron chi connectivity index (χ2n) is 4.12. The normalized spacial score (nSPS) is 11.6. The lowest BCUT2D eigenvalue weighted by atomic mass is 10.1. The summed E-state index contributed by atoms with van der Waals surface area (Å²) in [7, 11) is 0. The Kier molecular flexibility index (Phi) is 4.52. The first-order valence-corrected chi connectivity index (χ1v) is 6.76. The lowest BCUT2D eigenvalue weighted by Gasteiger charge is -2.05. The molecule has 2 aromatic rings. The lowest BCUT2D eigenvalue weighted by molar-refractivity contribution is 0.318. The van der Waals surface area contributed by atoms with Crippen molar-refractivity contribution in [2.24, 2.45) is 10.9 Å². The number of nitrogens with zero attached hydrogens (tertiary/aromatic N) is 3. The summed E-state index contributed by atoms with van der Waals surface area (Å²) < 4.78 is 13.9. The second kappa shape index (κ2) is 6.33. The summed E-state index contributed by atoms with van der Waals surface area (Å²) in [6.45, 7) is 1.90. The van der Waals surface area contributed by atoms with Crippen molar-refractivity contribution >= 4 is 17.6 Å². The van der Waals surface area contributed by atoms with Crippen molar-refractivity contribution in [3.63, 3.8) is 0 Å². The van der Waals surface area contributed by atoms with E-state index in [9.17, 15) is 4.39 Å². The van der Waals surface area contributed by atoms with E-state index in [2.05, 4.69) is 15.1 Å². The minimum absolute atomic E-state index is 0.120. The van der Waals surface area contributed by atoms with E-state index in [1.807, 2.05) is 6.92 Å². The number of thioether (sulfide) groups is 1. The van der Waals surface area contributed by atoms with Gasteiger partial charge in [-0.15, -0.1) is 0 Å². The highest BCUT2D eigenvalue weighted by Crippen LogP contribution is 2.21. The molecule has 1 heterocycles. The molecule has 0 saturated heterocycles. The van der Waals surface area contributed by atoms with E-state index >= 15 is 0 Å². The number of hydrogen-bond acceptors (Lipinski definition) is 5. The smallest absolute Gasteiger partial charge is 0.187 e. The van der Waals surface area contributed by atoms with Crippen LogP contribution in [0.5, 0.6) is 0 Å². The Labute approximate surface area is 119 Å². The fourth-order valence-corrected chi connectivity index (χ4v) is 2.25. The van der Waals surface area contributed by atoms with E-state index in [1.165, 1.54) is 17.8 Å². The highest BCUT2D eigenvalue weighted by Gasteiger charge is 2.08. The molecule has 0 amide bonds. The van der Waals surface area contributed by atoms with Crippen LogP contribution >= 0.6 is 11.8 Å². The molecular formula is C13H13FN4OS. The van der Waals surface area contributed by atoms with Crippen LogP contribution in [0.15, 0.2) is 40.9 Å². The number of amidine groups is 1. The van der Waals surface area contributed by atoms with Crippen LogP contribution in [-0.4, -0.2) is 21.0 Å². The third-order valence-electron chi connectivity index (χ3n) is 2.57. The molecule has 0 bridgehead atoms. The number of rotatable bonds is 4. The maximum atomic E-state index is 13.9. The molecule has 1 aromatic heterocycles. The average Bonchev–Trinajstić information content (AvgIpc) is 2.46. The van der Waals surface area contributed by atoms with Gasteiger partial charge in [0.2, 0.25) is 0 Å². The zero-order chi connectivity index (χ0) is 14.5. The molecule has 0 radical (unpaired) electrons. The average molecular weight is 292 g/mol. The molecule has 0 unspecified atom stereocenters. The highest BCUT2D eigenvalue weighted by atomic mass is 32.2. The van der Waals surface area contributed by atoms with Crippen LogP contribution in [-0.2, 0) is 5.75 Å². The summed E-state index contributed by atoms with van der Waals surface area (Å²) in [5.41, 5.74) is 7.22. The Morgan fingerprint density at radius 2 is 2.10 bits per heavy atom. The summed E-state index contributed by atoms with van der Waals surface area (Å²) >= 11 is 1.34. The van der Waals surface area contributed by atoms with Crippen LogP contribution in [0.25, 0.3) is 0 Å². The Balaban J connectivity index is 2.08. The molecule has 0 atom stereocenters. The largest absolute Gasteiger partial charge is 0.409 e. The first-order chi connectivity index (χ1) is 9.60. The minimum atomic E-state index is -0.409. The van der Waals surface area contributed by atoms with Gasteiger partial charge in [0.15, 0.2) is 11.0 Å². The summed E-state index contributed by atoms with van der Waals surface area (Å²) in [6, 6.07) is 4.44. The van der Waals surface area contributed by atoms with Crippen LogP contribution in [0.4, 0.5) is 4.39 Å². The van der Waals surface area contributed by atoms with Crippen molar-refractivity contribution < 1.29 is 9.60 Å². The zero-order valence-corrected chi connectivity index (χ0v) is 11.6. The van der Waals surface area contributed by atoms with E-state index in [1.54, 1.807) is 24.5 Å². The SMILES string of the molecule is Cc1cnc(SCc2ccc(C(N)=NO)cc2F)nc1. The monoisotopic (exact) mass is 292 g/mol. The Hall–Kier alpha value is -2.15. The van der Waals surface area contributed by atoms with E-state index in [0.29, 0.717) is 22.0 Å². The first kappa shape index (κ1) is 14.3. The number of aryl methyl sites for hydroxylation is 1. The molecule has 0 fully saturated rings. The van der Waals surface area contributed by atoms with Crippen molar-refractivity contribution in [1.82, 2.24) is 9.97 Å². The molecule has 7 heteroatoms. The number of nitrogens with two attached hydrogens (primary N) is 1. The molecule has 5 nitrogen and oxygen atoms in total. The topological polar surface area (TPSA) is 84.4 Å². The Morgan fingerprint density at radius 3 is 2.70 bits per heavy atom. The molecule has 3 N–H and O–H groups in total. The third kappa shape index (κ3) is 3.45. The van der Waals surface area contributed by atoms with Crippen LogP contribution < -0.4 is 5.73 Å². The highest BCUT2D eigenvalue weighted by molar-refractivity contribution is 7.98. The van der Waals surface area contributed by atoms with Crippen molar-refractivity contribution in [1.29, 1.82) is 0 Å². The molecule has 2 rings (SSSR count). The summed E-state index contributed by atoms with van der Waals surface area (Å²) in [6.07, 6.45) is 3.43. The summed E-state index contributed by atoms with van der Waals surface area (Å²) in [5.74, 6) is -0.121. The van der Waals surface area contributed by atoms with Crippen molar-refractivity contribution in [3.05, 3.63) is 53.1 Å². The van der Waals surface area contributed by atoms with Gasteiger partial charge in [-0.1, -0.05) is 29.1 Å². The van der Waals surface area contributed by atoms with Gasteiger partial charge in [-0.05, 0) is 24.1 Å². The quantitative estimate of drug-likeness (QED) is 0.226. The third-order valence-corrected chi connectivity index (χ3v) is 3.49. The molecule has 0 spiro atoms. The van der Waals surface area contributed by atoms with E-state index in [-0.39, 0.29) is 5.84 Å². The van der Waals surface area contributed by atoms with E-state index in [4.69, 9.17) is 10.9 Å². The van der Waals surface area contributed by atoms with Crippen molar-refractivity contribution in [3.8, 4) is 0 Å². The molecule has 104 valence electrons. The number of aromatic nitrogens is 2. The van der Waals surface area contributed by atoms with E-state index in [0.717, 1.165) is 5.56 Å². The molecule has 0 aliphatic carbocycles. The van der Waals surface area contributed by atoms with Crippen LogP contribution in [0.2, 0.25) is 0 Å². The number of oxime groups is 1. The minimum Gasteiger partial charge on any atom is -0.409 e. The lowest BCUT2D eigenvalue weighted by Crippen LogP contribution is -2.13. The maximum Gasteiger partial charge on any atom is 0.187 e. The molecule has 1 aromatic carbocycles. The zero-order valence-electron chi connectivity index (χ0n) is 10.7. The summed E-state index contributed by atoms with van der Waals surface area (Å²) in [5, 5.41) is 12.0.